The van der Waals surface area contributed by atoms with Gasteiger partial charge in [0.1, 0.15) is 0 Å². The zero-order valence-corrected chi connectivity index (χ0v) is 8.32. The standard InChI is InChI=1S/C12H14O2/c1-14-12(13)11-7-3-6-10(8-11)9-4-2-5-9/h3,6-9H,2,4-5H2,1H3. The van der Waals surface area contributed by atoms with Gasteiger partial charge in [0, 0.05) is 0 Å². The molecule has 1 aromatic carbocycles. The first-order valence-corrected chi connectivity index (χ1v) is 4.99. The van der Waals surface area contributed by atoms with Gasteiger partial charge < -0.3 is 4.74 Å². The molecule has 0 spiro atoms. The number of esters is 1. The number of ether oxygens (including phenoxy) is 1. The molecule has 0 unspecified atom stereocenters. The van der Waals surface area contributed by atoms with E-state index < -0.39 is 0 Å². The quantitative estimate of drug-likeness (QED) is 0.670. The summed E-state index contributed by atoms with van der Waals surface area (Å²) in [7, 11) is 1.42. The smallest absolute Gasteiger partial charge is 0.337 e. The van der Waals surface area contributed by atoms with Crippen molar-refractivity contribution in [1.82, 2.24) is 0 Å². The molecule has 0 N–H and O–H groups in total. The van der Waals surface area contributed by atoms with E-state index in [-0.39, 0.29) is 5.97 Å². The number of carbonyl (C=O) groups excluding carboxylic acids is 1. The third-order valence-corrected chi connectivity index (χ3v) is 2.88. The predicted molar refractivity (Wildman–Crippen MR) is 54.4 cm³/mol. The Hall–Kier alpha value is -1.31. The van der Waals surface area contributed by atoms with Crippen LogP contribution in [0.4, 0.5) is 0 Å². The lowest BCUT2D eigenvalue weighted by Crippen LogP contribution is -2.10. The van der Waals surface area contributed by atoms with Crippen molar-refractivity contribution in [2.45, 2.75) is 25.2 Å². The molecule has 1 saturated carbocycles. The Labute approximate surface area is 83.9 Å². The highest BCUT2D eigenvalue weighted by molar-refractivity contribution is 5.89. The topological polar surface area (TPSA) is 26.3 Å². The lowest BCUT2D eigenvalue weighted by Gasteiger charge is -2.25. The highest BCUT2D eigenvalue weighted by Crippen LogP contribution is 2.36. The van der Waals surface area contributed by atoms with Gasteiger partial charge in [-0.15, -0.1) is 0 Å². The molecule has 0 aromatic heterocycles. The minimum atomic E-state index is -0.244. The van der Waals surface area contributed by atoms with E-state index in [4.69, 9.17) is 0 Å². The van der Waals surface area contributed by atoms with Crippen LogP contribution in [-0.4, -0.2) is 13.1 Å². The van der Waals surface area contributed by atoms with Crippen LogP contribution < -0.4 is 0 Å². The number of rotatable bonds is 2. The van der Waals surface area contributed by atoms with Gasteiger partial charge in [0.15, 0.2) is 0 Å². The van der Waals surface area contributed by atoms with Crippen LogP contribution in [0.3, 0.4) is 0 Å². The van der Waals surface area contributed by atoms with Crippen molar-refractivity contribution in [2.24, 2.45) is 0 Å². The van der Waals surface area contributed by atoms with Gasteiger partial charge in [-0.2, -0.15) is 0 Å². The summed E-state index contributed by atoms with van der Waals surface area (Å²) in [4.78, 5) is 11.3. The largest absolute Gasteiger partial charge is 0.465 e. The Morgan fingerprint density at radius 1 is 1.43 bits per heavy atom. The lowest BCUT2D eigenvalue weighted by atomic mass is 9.80. The Morgan fingerprint density at radius 3 is 2.79 bits per heavy atom. The van der Waals surface area contributed by atoms with Crippen LogP contribution in [0.5, 0.6) is 0 Å². The zero-order valence-electron chi connectivity index (χ0n) is 8.32. The highest BCUT2D eigenvalue weighted by atomic mass is 16.5. The maximum Gasteiger partial charge on any atom is 0.337 e. The molecule has 0 bridgehead atoms. The molecule has 0 radical (unpaired) electrons. The van der Waals surface area contributed by atoms with Gasteiger partial charge in [0.2, 0.25) is 0 Å². The van der Waals surface area contributed by atoms with Crippen molar-refractivity contribution < 1.29 is 9.53 Å². The van der Waals surface area contributed by atoms with Crippen molar-refractivity contribution in [3.05, 3.63) is 35.4 Å². The lowest BCUT2D eigenvalue weighted by molar-refractivity contribution is 0.0600. The second kappa shape index (κ2) is 3.82. The molecule has 1 aliphatic carbocycles. The molecule has 0 saturated heterocycles. The van der Waals surface area contributed by atoms with Crippen LogP contribution in [0.1, 0.15) is 41.1 Å². The molecule has 2 nitrogen and oxygen atoms in total. The Morgan fingerprint density at radius 2 is 2.21 bits per heavy atom. The molecule has 2 rings (SSSR count). The highest BCUT2D eigenvalue weighted by Gasteiger charge is 2.20. The summed E-state index contributed by atoms with van der Waals surface area (Å²) in [5.41, 5.74) is 1.94. The van der Waals surface area contributed by atoms with Crippen molar-refractivity contribution in [3.8, 4) is 0 Å². The molecular formula is C12H14O2. The average molecular weight is 190 g/mol. The van der Waals surface area contributed by atoms with Crippen molar-refractivity contribution in [3.63, 3.8) is 0 Å². The van der Waals surface area contributed by atoms with E-state index in [1.807, 2.05) is 12.1 Å². The van der Waals surface area contributed by atoms with Crippen LogP contribution in [0.2, 0.25) is 0 Å². The summed E-state index contributed by atoms with van der Waals surface area (Å²) in [6.07, 6.45) is 3.82. The van der Waals surface area contributed by atoms with Gasteiger partial charge in [-0.3, -0.25) is 0 Å². The van der Waals surface area contributed by atoms with Crippen LogP contribution in [0.25, 0.3) is 0 Å². The summed E-state index contributed by atoms with van der Waals surface area (Å²) in [5, 5.41) is 0. The number of methoxy groups -OCH3 is 1. The molecule has 0 atom stereocenters. The zero-order chi connectivity index (χ0) is 9.97. The summed E-state index contributed by atoms with van der Waals surface area (Å²) in [6, 6.07) is 7.78. The molecule has 0 aliphatic heterocycles. The van der Waals surface area contributed by atoms with Gasteiger partial charge in [0.25, 0.3) is 0 Å². The molecule has 0 amide bonds. The van der Waals surface area contributed by atoms with Crippen LogP contribution in [0.15, 0.2) is 24.3 Å². The number of hydrogen-bond donors (Lipinski definition) is 0. The van der Waals surface area contributed by atoms with Gasteiger partial charge in [-0.05, 0) is 36.5 Å². The van der Waals surface area contributed by atoms with Gasteiger partial charge in [-0.25, -0.2) is 4.79 Å². The third kappa shape index (κ3) is 1.65. The Bertz CT molecular complexity index is 340. The maximum absolute atomic E-state index is 11.3. The van der Waals surface area contributed by atoms with Crippen molar-refractivity contribution in [2.75, 3.05) is 7.11 Å². The minimum absolute atomic E-state index is 0.244. The second-order valence-corrected chi connectivity index (χ2v) is 3.74. The van der Waals surface area contributed by atoms with Crippen molar-refractivity contribution in [1.29, 1.82) is 0 Å². The van der Waals surface area contributed by atoms with E-state index in [1.165, 1.54) is 31.9 Å². The second-order valence-electron chi connectivity index (χ2n) is 3.74. The first-order chi connectivity index (χ1) is 6.81. The van der Waals surface area contributed by atoms with Crippen LogP contribution in [0, 0.1) is 0 Å². The molecule has 74 valence electrons. The first kappa shape index (κ1) is 9.25. The molecule has 2 heteroatoms. The third-order valence-electron chi connectivity index (χ3n) is 2.88. The molecular weight excluding hydrogens is 176 g/mol. The van der Waals surface area contributed by atoms with E-state index in [0.29, 0.717) is 11.5 Å². The molecule has 1 fully saturated rings. The fraction of sp³-hybridized carbons (Fsp3) is 0.417. The van der Waals surface area contributed by atoms with E-state index in [1.54, 1.807) is 6.07 Å². The number of hydrogen-bond acceptors (Lipinski definition) is 2. The predicted octanol–water partition coefficient (Wildman–Crippen LogP) is 2.74. The number of benzene rings is 1. The van der Waals surface area contributed by atoms with Crippen LogP contribution >= 0.6 is 0 Å². The molecule has 1 aromatic rings. The van der Waals surface area contributed by atoms with E-state index >= 15 is 0 Å². The van der Waals surface area contributed by atoms with E-state index in [0.717, 1.165) is 0 Å². The normalized spacial score (nSPS) is 16.1. The van der Waals surface area contributed by atoms with Gasteiger partial charge >= 0.3 is 5.97 Å². The summed E-state index contributed by atoms with van der Waals surface area (Å²) in [5.74, 6) is 0.422. The molecule has 0 heterocycles. The number of carbonyl (C=O) groups is 1. The van der Waals surface area contributed by atoms with E-state index in [2.05, 4.69) is 10.8 Å². The fourth-order valence-corrected chi connectivity index (χ4v) is 1.78. The van der Waals surface area contributed by atoms with Gasteiger partial charge in [0.05, 0.1) is 12.7 Å². The summed E-state index contributed by atoms with van der Waals surface area (Å²) >= 11 is 0. The van der Waals surface area contributed by atoms with Gasteiger partial charge in [-0.1, -0.05) is 18.6 Å². The maximum atomic E-state index is 11.3. The summed E-state index contributed by atoms with van der Waals surface area (Å²) < 4.78 is 4.68. The average Bonchev–Trinajstić information content (AvgIpc) is 2.14. The monoisotopic (exact) mass is 190 g/mol. The van der Waals surface area contributed by atoms with Crippen LogP contribution in [-0.2, 0) is 4.74 Å². The first-order valence-electron chi connectivity index (χ1n) is 4.99. The fourth-order valence-electron chi connectivity index (χ4n) is 1.78. The molecule has 14 heavy (non-hydrogen) atoms. The SMILES string of the molecule is COC(=O)c1cccc(C2CCC2)c1. The Kier molecular flexibility index (Phi) is 2.53. The minimum Gasteiger partial charge on any atom is -0.465 e. The van der Waals surface area contributed by atoms with Crippen molar-refractivity contribution >= 4 is 5.97 Å². The Balaban J connectivity index is 2.21. The molecule has 1 aliphatic rings. The summed E-state index contributed by atoms with van der Waals surface area (Å²) in [6.45, 7) is 0. The van der Waals surface area contributed by atoms with E-state index in [9.17, 15) is 4.79 Å².